The maximum absolute atomic E-state index is 12.8. The first kappa shape index (κ1) is 21.5. The van der Waals surface area contributed by atoms with Crippen molar-refractivity contribution in [2.75, 3.05) is 13.2 Å². The van der Waals surface area contributed by atoms with E-state index in [0.717, 1.165) is 4.90 Å². The maximum atomic E-state index is 12.8. The van der Waals surface area contributed by atoms with E-state index in [1.165, 1.54) is 0 Å². The van der Waals surface area contributed by atoms with E-state index in [1.807, 2.05) is 22.6 Å². The molecule has 2 rings (SSSR count). The van der Waals surface area contributed by atoms with Crippen LogP contribution in [-0.2, 0) is 37.5 Å². The van der Waals surface area contributed by atoms with Gasteiger partial charge in [0.2, 0.25) is 5.91 Å². The molecule has 1 aliphatic rings. The van der Waals surface area contributed by atoms with Gasteiger partial charge in [0.25, 0.3) is 6.43 Å². The summed E-state index contributed by atoms with van der Waals surface area (Å²) < 4.78 is 30.6. The van der Waals surface area contributed by atoms with Crippen LogP contribution in [0.5, 0.6) is 5.75 Å². The number of rotatable bonds is 5. The number of hydrogen-bond donors (Lipinski definition) is 0. The summed E-state index contributed by atoms with van der Waals surface area (Å²) in [6.45, 7) is 1.40. The Morgan fingerprint density at radius 1 is 1.42 bits per heavy atom. The minimum atomic E-state index is -2.59. The third-order valence-electron chi connectivity index (χ3n) is 3.19. The molecule has 24 heavy (non-hydrogen) atoms. The normalized spacial score (nSPS) is 16.9. The number of alkyl halides is 3. The summed E-state index contributed by atoms with van der Waals surface area (Å²) >= 11 is 1.95. The minimum absolute atomic E-state index is 0. The Kier molecular flexibility index (Phi) is 9.39. The number of halogens is 3. The minimum Gasteiger partial charge on any atom is -0.481 e. The van der Waals surface area contributed by atoms with Crippen molar-refractivity contribution < 1.29 is 51.0 Å². The zero-order chi connectivity index (χ0) is 16.8. The molecule has 1 aliphatic heterocycles. The number of carbonyl (C=O) groups excluding carboxylic acids is 1. The van der Waals surface area contributed by atoms with Crippen molar-refractivity contribution in [3.8, 4) is 17.6 Å². The summed E-state index contributed by atoms with van der Waals surface area (Å²) in [6.07, 6.45) is 0.886. The van der Waals surface area contributed by atoms with Crippen LogP contribution in [0.4, 0.5) is 8.78 Å². The summed E-state index contributed by atoms with van der Waals surface area (Å²) in [5.41, 5.74) is 1.07. The second-order valence-electron chi connectivity index (χ2n) is 4.78. The van der Waals surface area contributed by atoms with Gasteiger partial charge in [-0.2, -0.15) is 5.56 Å². The van der Waals surface area contributed by atoms with Crippen molar-refractivity contribution in [2.24, 2.45) is 0 Å². The van der Waals surface area contributed by atoms with E-state index in [4.69, 9.17) is 4.74 Å². The smallest absolute Gasteiger partial charge is 0.256 e. The number of allylic oxidation sites excluding steroid dienone is 1. The molecule has 0 fully saturated rings. The summed E-state index contributed by atoms with van der Waals surface area (Å²) in [5.74, 6) is 5.84. The van der Waals surface area contributed by atoms with Gasteiger partial charge in [0.05, 0.1) is 10.5 Å². The molecule has 1 amide bonds. The van der Waals surface area contributed by atoms with Crippen molar-refractivity contribution >= 4 is 34.2 Å². The fourth-order valence-electron chi connectivity index (χ4n) is 2.13. The van der Waals surface area contributed by atoms with Gasteiger partial charge in [0.15, 0.2) is 0 Å². The monoisotopic (exact) mass is 519 g/mol. The first-order valence-electron chi connectivity index (χ1n) is 7.00. The van der Waals surface area contributed by atoms with Crippen molar-refractivity contribution in [3.63, 3.8) is 0 Å². The van der Waals surface area contributed by atoms with Crippen LogP contribution < -0.4 is 4.74 Å². The van der Waals surface area contributed by atoms with Crippen LogP contribution in [0, 0.1) is 17.9 Å². The molecule has 1 aromatic carbocycles. The molecule has 0 bridgehead atoms. The summed E-state index contributed by atoms with van der Waals surface area (Å²) in [5, 5.41) is 0. The molecule has 0 saturated carbocycles. The number of carbonyl (C=O) groups is 1. The van der Waals surface area contributed by atoms with Gasteiger partial charge in [-0.1, -0.05) is 34.9 Å². The standard InChI is InChI=1S/C17H15F2INO2.Y/c1-2-3-10-23-13-6-4-12(5-7-13)15-9-8-14(20)17(22)21(15)11-16(18)19;/h4-7,14,16H,8,10-11H2,1H3;/q-1;. The maximum Gasteiger partial charge on any atom is 0.256 e. The third-order valence-corrected chi connectivity index (χ3v) is 4.16. The van der Waals surface area contributed by atoms with Crippen LogP contribution >= 0.6 is 22.6 Å². The van der Waals surface area contributed by atoms with Gasteiger partial charge < -0.3 is 9.64 Å². The number of hydrogen-bond acceptors (Lipinski definition) is 2. The van der Waals surface area contributed by atoms with E-state index >= 15 is 0 Å². The molecule has 1 heterocycles. The van der Waals surface area contributed by atoms with E-state index in [0.29, 0.717) is 23.4 Å². The Morgan fingerprint density at radius 2 is 2.08 bits per heavy atom. The zero-order valence-corrected chi connectivity index (χ0v) is 18.1. The first-order valence-corrected chi connectivity index (χ1v) is 8.24. The molecule has 0 spiro atoms. The Balaban J connectivity index is 0.00000288. The van der Waals surface area contributed by atoms with Crippen LogP contribution in [0.25, 0.3) is 5.70 Å². The van der Waals surface area contributed by atoms with Gasteiger partial charge in [-0.15, -0.1) is 23.8 Å². The first-order chi connectivity index (χ1) is 11.0. The molecule has 125 valence electrons. The molecule has 0 N–H and O–H groups in total. The van der Waals surface area contributed by atoms with Gasteiger partial charge in [0.1, 0.15) is 12.4 Å². The molecule has 7 heteroatoms. The predicted octanol–water partition coefficient (Wildman–Crippen LogP) is 3.53. The van der Waals surface area contributed by atoms with Gasteiger partial charge >= 0.3 is 0 Å². The van der Waals surface area contributed by atoms with Crippen molar-refractivity contribution in [1.29, 1.82) is 0 Å². The number of amides is 1. The van der Waals surface area contributed by atoms with Gasteiger partial charge in [0, 0.05) is 32.7 Å². The number of ether oxygens (including phenoxy) is 1. The fraction of sp³-hybridized carbons (Fsp3) is 0.353. The van der Waals surface area contributed by atoms with Crippen LogP contribution in [0.2, 0.25) is 0 Å². The molecule has 3 nitrogen and oxygen atoms in total. The van der Waals surface area contributed by atoms with Crippen molar-refractivity contribution in [3.05, 3.63) is 35.9 Å². The molecule has 0 aliphatic carbocycles. The van der Waals surface area contributed by atoms with E-state index in [2.05, 4.69) is 17.9 Å². The molecule has 1 atom stereocenters. The van der Waals surface area contributed by atoms with Crippen molar-refractivity contribution in [1.82, 2.24) is 4.90 Å². The van der Waals surface area contributed by atoms with Crippen molar-refractivity contribution in [2.45, 2.75) is 23.7 Å². The van der Waals surface area contributed by atoms with E-state index in [1.54, 1.807) is 31.2 Å². The van der Waals surface area contributed by atoms with E-state index < -0.39 is 13.0 Å². The molecule has 0 aromatic heterocycles. The quantitative estimate of drug-likeness (QED) is 0.258. The molecule has 1 radical (unpaired) electrons. The Labute approximate surface area is 179 Å². The van der Waals surface area contributed by atoms with Crippen LogP contribution in [0.3, 0.4) is 0 Å². The molecule has 0 saturated heterocycles. The van der Waals surface area contributed by atoms with Gasteiger partial charge in [-0.05, 0) is 19.1 Å². The van der Waals surface area contributed by atoms with E-state index in [-0.39, 0.29) is 49.1 Å². The molecular formula is C17H15F2INO2Y-. The van der Waals surface area contributed by atoms with Crippen LogP contribution in [0.1, 0.15) is 18.9 Å². The van der Waals surface area contributed by atoms with Gasteiger partial charge in [-0.25, -0.2) is 14.9 Å². The average molecular weight is 519 g/mol. The van der Waals surface area contributed by atoms with Crippen LogP contribution in [0.15, 0.2) is 24.3 Å². The zero-order valence-electron chi connectivity index (χ0n) is 13.1. The topological polar surface area (TPSA) is 29.5 Å². The molecular weight excluding hydrogens is 504 g/mol. The Hall–Kier alpha value is -0.516. The largest absolute Gasteiger partial charge is 0.481 e. The Morgan fingerprint density at radius 3 is 2.67 bits per heavy atom. The fourth-order valence-corrected chi connectivity index (χ4v) is 2.68. The molecule has 1 aromatic rings. The second-order valence-corrected chi connectivity index (χ2v) is 6.28. The predicted molar refractivity (Wildman–Crippen MR) is 92.2 cm³/mol. The van der Waals surface area contributed by atoms with E-state index in [9.17, 15) is 13.6 Å². The number of benzene rings is 1. The Bertz CT molecular complexity index is 653. The van der Waals surface area contributed by atoms with Gasteiger partial charge in [-0.3, -0.25) is 4.79 Å². The third kappa shape index (κ3) is 5.78. The molecule has 1 unspecified atom stereocenters. The summed E-state index contributed by atoms with van der Waals surface area (Å²) in [6, 6.07) is 6.91. The summed E-state index contributed by atoms with van der Waals surface area (Å²) in [4.78, 5) is 13.3. The summed E-state index contributed by atoms with van der Waals surface area (Å²) in [7, 11) is 0. The van der Waals surface area contributed by atoms with Crippen LogP contribution in [-0.4, -0.2) is 34.3 Å². The number of nitrogens with zero attached hydrogens (tertiary/aromatic N) is 1. The average Bonchev–Trinajstić information content (AvgIpc) is 2.53. The second kappa shape index (κ2) is 10.5. The SMILES string of the molecule is CC#CCOc1ccc(C2=[C-]CC(I)C(=O)N2CC(F)F)cc1.[Y].